The number of hydrogen-bond acceptors (Lipinski definition) is 1. The molecule has 2 nitrogen and oxygen atoms in total. The lowest BCUT2D eigenvalue weighted by atomic mass is 10.1. The van der Waals surface area contributed by atoms with Gasteiger partial charge in [-0.3, -0.25) is 10.3 Å². The molecule has 0 fully saturated rings. The molecular weight excluding hydrogens is 228 g/mol. The van der Waals surface area contributed by atoms with Gasteiger partial charge in [-0.15, -0.1) is 0 Å². The Morgan fingerprint density at radius 3 is 2.13 bits per heavy atom. The molecule has 0 spiro atoms. The molecule has 0 aliphatic heterocycles. The van der Waals surface area contributed by atoms with E-state index >= 15 is 0 Å². The van der Waals surface area contributed by atoms with Gasteiger partial charge in [0.2, 0.25) is 0 Å². The Bertz CT molecular complexity index is 168. The quantitative estimate of drug-likeness (QED) is 0.291. The molecule has 0 saturated heterocycles. The normalized spacial score (nSPS) is 9.53. The van der Waals surface area contributed by atoms with E-state index in [1.807, 2.05) is 18.7 Å². The van der Waals surface area contributed by atoms with Crippen molar-refractivity contribution in [2.24, 2.45) is 5.73 Å². The van der Waals surface area contributed by atoms with Crippen molar-refractivity contribution in [3.63, 3.8) is 0 Å². The highest BCUT2D eigenvalue weighted by Gasteiger charge is 2.00. The number of nitrogens with two attached hydrogens (primary N) is 1. The molecular formula is C11H25ClN2S. The first-order chi connectivity index (χ1) is 6.68. The Kier molecular flexibility index (Phi) is 14.2. The summed E-state index contributed by atoms with van der Waals surface area (Å²) in [5.41, 5.74) is 5.78. The number of halogens is 1. The van der Waals surface area contributed by atoms with Crippen LogP contribution in [0.1, 0.15) is 45.4 Å². The standard InChI is InChI=1S/C11H24N2S.ClH/c1-4-5-6-7-8-9-10-14-11(12)13(2)3;/h12H,4-10H2,1-3H3;1H. The molecule has 92 valence electrons. The van der Waals surface area contributed by atoms with Gasteiger partial charge in [0.15, 0.2) is 0 Å². The third-order valence-corrected chi connectivity index (χ3v) is 3.34. The maximum atomic E-state index is 5.78. The van der Waals surface area contributed by atoms with Crippen LogP contribution in [0.4, 0.5) is 0 Å². The van der Waals surface area contributed by atoms with Crippen molar-refractivity contribution in [1.82, 2.24) is 0 Å². The fourth-order valence-corrected chi connectivity index (χ4v) is 2.00. The summed E-state index contributed by atoms with van der Waals surface area (Å²) in [5.74, 6) is 1.16. The molecule has 0 aliphatic rings. The summed E-state index contributed by atoms with van der Waals surface area (Å²) in [5, 5.41) is 0.929. The first kappa shape index (κ1) is 17.5. The summed E-state index contributed by atoms with van der Waals surface area (Å²) in [7, 11) is 3.98. The van der Waals surface area contributed by atoms with E-state index in [1.165, 1.54) is 38.5 Å². The number of unbranched alkanes of at least 4 members (excludes halogenated alkanes) is 5. The van der Waals surface area contributed by atoms with E-state index in [-0.39, 0.29) is 12.4 Å². The molecule has 15 heavy (non-hydrogen) atoms. The number of thioether (sulfide) groups is 1. The lowest BCUT2D eigenvalue weighted by Crippen LogP contribution is -3.00. The van der Waals surface area contributed by atoms with Gasteiger partial charge in [-0.05, 0) is 18.2 Å². The minimum absolute atomic E-state index is 0. The Hall–Kier alpha value is 0.110. The molecule has 0 atom stereocenters. The second-order valence-corrected chi connectivity index (χ2v) is 4.96. The van der Waals surface area contributed by atoms with Crippen LogP contribution in [0.15, 0.2) is 0 Å². The van der Waals surface area contributed by atoms with Gasteiger partial charge < -0.3 is 12.4 Å². The summed E-state index contributed by atoms with van der Waals surface area (Å²) in [6, 6.07) is 0. The average Bonchev–Trinajstić information content (AvgIpc) is 2.16. The molecule has 0 bridgehead atoms. The summed E-state index contributed by atoms with van der Waals surface area (Å²) in [4.78, 5) is 0. The van der Waals surface area contributed by atoms with E-state index in [4.69, 9.17) is 5.73 Å². The fraction of sp³-hybridized carbons (Fsp3) is 0.909. The maximum absolute atomic E-state index is 5.78. The van der Waals surface area contributed by atoms with Crippen molar-refractivity contribution < 1.29 is 17.0 Å². The van der Waals surface area contributed by atoms with Crippen molar-refractivity contribution in [2.75, 3.05) is 19.8 Å². The number of nitrogens with zero attached hydrogens (tertiary/aromatic N) is 1. The maximum Gasteiger partial charge on any atom is 0.303 e. The van der Waals surface area contributed by atoms with Gasteiger partial charge in [0, 0.05) is 5.75 Å². The van der Waals surface area contributed by atoms with E-state index in [0.29, 0.717) is 0 Å². The molecule has 0 aromatic carbocycles. The third kappa shape index (κ3) is 12.0. The monoisotopic (exact) mass is 252 g/mol. The zero-order valence-electron chi connectivity index (χ0n) is 10.3. The lowest BCUT2D eigenvalue weighted by Gasteiger charge is -2.00. The van der Waals surface area contributed by atoms with Crippen LogP contribution in [0.25, 0.3) is 0 Å². The van der Waals surface area contributed by atoms with Crippen LogP contribution in [0, 0.1) is 0 Å². The largest absolute Gasteiger partial charge is 1.00 e. The SMILES string of the molecule is CCCCCCCCSC(N)=[N+](C)C.[Cl-]. The molecule has 0 aromatic rings. The van der Waals surface area contributed by atoms with E-state index in [9.17, 15) is 0 Å². The van der Waals surface area contributed by atoms with Crippen LogP contribution in [-0.2, 0) is 0 Å². The second kappa shape index (κ2) is 12.2. The van der Waals surface area contributed by atoms with Crippen LogP contribution in [0.3, 0.4) is 0 Å². The van der Waals surface area contributed by atoms with Crippen LogP contribution >= 0.6 is 11.8 Å². The zero-order chi connectivity index (χ0) is 10.8. The van der Waals surface area contributed by atoms with Gasteiger partial charge in [0.1, 0.15) is 0 Å². The number of rotatable bonds is 7. The third-order valence-electron chi connectivity index (χ3n) is 2.19. The van der Waals surface area contributed by atoms with Crippen molar-refractivity contribution in [2.45, 2.75) is 45.4 Å². The van der Waals surface area contributed by atoms with Gasteiger partial charge in [-0.1, -0.05) is 39.0 Å². The van der Waals surface area contributed by atoms with Crippen LogP contribution < -0.4 is 18.1 Å². The topological polar surface area (TPSA) is 29.0 Å². The molecule has 4 heteroatoms. The van der Waals surface area contributed by atoms with Gasteiger partial charge >= 0.3 is 5.17 Å². The van der Waals surface area contributed by atoms with E-state index in [1.54, 1.807) is 11.8 Å². The van der Waals surface area contributed by atoms with Crippen molar-refractivity contribution >= 4 is 16.9 Å². The van der Waals surface area contributed by atoms with Crippen molar-refractivity contribution in [3.8, 4) is 0 Å². The molecule has 0 aromatic heterocycles. The smallest absolute Gasteiger partial charge is 0.303 e. The summed E-state index contributed by atoms with van der Waals surface area (Å²) in [6.07, 6.45) is 8.15. The molecule has 0 rings (SSSR count). The second-order valence-electron chi connectivity index (χ2n) is 3.85. The first-order valence-corrected chi connectivity index (χ1v) is 6.59. The Morgan fingerprint density at radius 2 is 1.60 bits per heavy atom. The van der Waals surface area contributed by atoms with Crippen molar-refractivity contribution in [3.05, 3.63) is 0 Å². The molecule has 0 heterocycles. The summed E-state index contributed by atoms with van der Waals surface area (Å²) >= 11 is 1.77. The van der Waals surface area contributed by atoms with E-state index in [2.05, 4.69) is 6.92 Å². The summed E-state index contributed by atoms with van der Waals surface area (Å²) in [6.45, 7) is 2.25. The zero-order valence-corrected chi connectivity index (χ0v) is 11.8. The number of hydrogen-bond donors (Lipinski definition) is 1. The lowest BCUT2D eigenvalue weighted by molar-refractivity contribution is -0.462. The van der Waals surface area contributed by atoms with E-state index < -0.39 is 0 Å². The average molecular weight is 253 g/mol. The van der Waals surface area contributed by atoms with Gasteiger partial charge in [0.05, 0.1) is 14.1 Å². The Labute approximate surface area is 105 Å². The van der Waals surface area contributed by atoms with Crippen molar-refractivity contribution in [1.29, 1.82) is 0 Å². The number of amidine groups is 1. The van der Waals surface area contributed by atoms with Gasteiger partial charge in [-0.25, -0.2) is 0 Å². The first-order valence-electron chi connectivity index (χ1n) is 5.61. The highest BCUT2D eigenvalue weighted by molar-refractivity contribution is 8.13. The van der Waals surface area contributed by atoms with Gasteiger partial charge in [0.25, 0.3) is 0 Å². The predicted octanol–water partition coefficient (Wildman–Crippen LogP) is -0.329. The molecule has 0 radical (unpaired) electrons. The minimum atomic E-state index is 0. The van der Waals surface area contributed by atoms with Gasteiger partial charge in [-0.2, -0.15) is 0 Å². The Balaban J connectivity index is 0. The van der Waals surface area contributed by atoms with Crippen LogP contribution in [0.2, 0.25) is 0 Å². The fourth-order valence-electron chi connectivity index (χ4n) is 1.19. The minimum Gasteiger partial charge on any atom is -1.00 e. The molecule has 0 saturated carbocycles. The molecule has 0 amide bonds. The molecule has 0 unspecified atom stereocenters. The summed E-state index contributed by atoms with van der Waals surface area (Å²) < 4.78 is 1.97. The Morgan fingerprint density at radius 1 is 1.07 bits per heavy atom. The highest BCUT2D eigenvalue weighted by atomic mass is 35.5. The van der Waals surface area contributed by atoms with E-state index in [0.717, 1.165) is 10.9 Å². The van der Waals surface area contributed by atoms with Crippen LogP contribution in [0.5, 0.6) is 0 Å². The highest BCUT2D eigenvalue weighted by Crippen LogP contribution is 2.09. The predicted molar refractivity (Wildman–Crippen MR) is 67.1 cm³/mol. The molecule has 0 aliphatic carbocycles. The molecule has 2 N–H and O–H groups in total. The van der Waals surface area contributed by atoms with Crippen LogP contribution in [-0.4, -0.2) is 29.6 Å².